The molecule has 0 aliphatic heterocycles. The third-order valence-corrected chi connectivity index (χ3v) is 2.91. The van der Waals surface area contributed by atoms with Crippen LogP contribution in [-0.2, 0) is 13.5 Å². The lowest BCUT2D eigenvalue weighted by Crippen LogP contribution is -2.11. The summed E-state index contributed by atoms with van der Waals surface area (Å²) in [5.74, 6) is 1.80. The Balaban J connectivity index is 2.16. The molecule has 0 aliphatic carbocycles. The van der Waals surface area contributed by atoms with E-state index in [-0.39, 0.29) is 6.10 Å². The molecule has 1 heterocycles. The second kappa shape index (κ2) is 5.69. The minimum absolute atomic E-state index is 0.0797. The summed E-state index contributed by atoms with van der Waals surface area (Å²) in [6.45, 7) is 2.62. The molecule has 1 aromatic carbocycles. The molecule has 1 unspecified atom stereocenters. The van der Waals surface area contributed by atoms with Gasteiger partial charge >= 0.3 is 0 Å². The zero-order valence-electron chi connectivity index (χ0n) is 10.8. The second-order valence-electron chi connectivity index (χ2n) is 4.30. The van der Waals surface area contributed by atoms with Crippen LogP contribution in [-0.4, -0.2) is 16.1 Å². The highest BCUT2D eigenvalue weighted by Crippen LogP contribution is 2.24. The Morgan fingerprint density at radius 1 is 1.39 bits per heavy atom. The number of para-hydroxylation sites is 1. The van der Waals surface area contributed by atoms with Crippen LogP contribution in [0.4, 0.5) is 0 Å². The van der Waals surface area contributed by atoms with E-state index in [0.29, 0.717) is 6.54 Å². The minimum Gasteiger partial charge on any atom is -0.483 e. The number of ether oxygens (including phenoxy) is 1. The van der Waals surface area contributed by atoms with E-state index in [2.05, 4.69) is 4.98 Å². The number of aromatic nitrogens is 2. The fraction of sp³-hybridized carbons (Fsp3) is 0.357. The minimum atomic E-state index is -0.0797. The highest BCUT2D eigenvalue weighted by molar-refractivity contribution is 5.33. The van der Waals surface area contributed by atoms with Gasteiger partial charge in [0, 0.05) is 19.4 Å². The molecule has 2 rings (SSSR count). The van der Waals surface area contributed by atoms with Crippen LogP contribution in [0.2, 0.25) is 0 Å². The lowest BCUT2D eigenvalue weighted by Gasteiger charge is -2.17. The molecule has 0 amide bonds. The number of aryl methyl sites for hydroxylation is 1. The molecule has 1 atom stereocenters. The normalized spacial score (nSPS) is 12.4. The highest BCUT2D eigenvalue weighted by Gasteiger charge is 2.13. The quantitative estimate of drug-likeness (QED) is 0.877. The van der Waals surface area contributed by atoms with Gasteiger partial charge in [0.25, 0.3) is 0 Å². The van der Waals surface area contributed by atoms with Crippen molar-refractivity contribution in [2.45, 2.75) is 19.4 Å². The number of nitrogens with zero attached hydrogens (tertiary/aromatic N) is 2. The topological polar surface area (TPSA) is 53.1 Å². The molecule has 0 aliphatic rings. The van der Waals surface area contributed by atoms with E-state index in [1.807, 2.05) is 49.0 Å². The first-order valence-electron chi connectivity index (χ1n) is 6.14. The molecular weight excluding hydrogens is 226 g/mol. The van der Waals surface area contributed by atoms with Gasteiger partial charge in [-0.2, -0.15) is 0 Å². The van der Waals surface area contributed by atoms with Crippen LogP contribution in [0.5, 0.6) is 5.75 Å². The van der Waals surface area contributed by atoms with Crippen LogP contribution in [0, 0.1) is 0 Å². The van der Waals surface area contributed by atoms with E-state index < -0.39 is 0 Å². The number of hydrogen-bond acceptors (Lipinski definition) is 3. The predicted octanol–water partition coefficient (Wildman–Crippen LogP) is 2.06. The molecule has 96 valence electrons. The van der Waals surface area contributed by atoms with Gasteiger partial charge in [-0.25, -0.2) is 4.98 Å². The van der Waals surface area contributed by atoms with Gasteiger partial charge in [0.1, 0.15) is 11.6 Å². The third kappa shape index (κ3) is 2.71. The van der Waals surface area contributed by atoms with E-state index >= 15 is 0 Å². The number of imidazole rings is 1. The molecule has 0 spiro atoms. The summed E-state index contributed by atoms with van der Waals surface area (Å²) in [6, 6.07) is 8.00. The summed E-state index contributed by atoms with van der Waals surface area (Å²) in [7, 11) is 1.97. The Kier molecular flexibility index (Phi) is 3.99. The molecule has 2 N–H and O–H groups in total. The number of benzene rings is 1. The van der Waals surface area contributed by atoms with Gasteiger partial charge < -0.3 is 15.0 Å². The van der Waals surface area contributed by atoms with Gasteiger partial charge in [-0.05, 0) is 31.5 Å². The van der Waals surface area contributed by atoms with Crippen LogP contribution in [0.15, 0.2) is 36.7 Å². The fourth-order valence-electron chi connectivity index (χ4n) is 1.99. The van der Waals surface area contributed by atoms with Gasteiger partial charge in [0.05, 0.1) is 0 Å². The van der Waals surface area contributed by atoms with Crippen molar-refractivity contribution < 1.29 is 4.74 Å². The van der Waals surface area contributed by atoms with Crippen LogP contribution in [0.1, 0.15) is 24.4 Å². The Morgan fingerprint density at radius 2 is 2.17 bits per heavy atom. The maximum Gasteiger partial charge on any atom is 0.153 e. The summed E-state index contributed by atoms with van der Waals surface area (Å²) in [4.78, 5) is 4.30. The Hall–Kier alpha value is -1.81. The zero-order chi connectivity index (χ0) is 13.0. The number of nitrogens with two attached hydrogens (primary N) is 1. The van der Waals surface area contributed by atoms with Crippen LogP contribution in [0.25, 0.3) is 0 Å². The largest absolute Gasteiger partial charge is 0.483 e. The van der Waals surface area contributed by atoms with E-state index in [0.717, 1.165) is 23.6 Å². The molecule has 4 nitrogen and oxygen atoms in total. The van der Waals surface area contributed by atoms with Crippen molar-refractivity contribution in [3.05, 3.63) is 48.0 Å². The Labute approximate surface area is 107 Å². The average Bonchev–Trinajstić information content (AvgIpc) is 2.78. The van der Waals surface area contributed by atoms with Gasteiger partial charge in [-0.3, -0.25) is 0 Å². The SMILES string of the molecule is CC(Oc1ccccc1CCN)c1nccn1C. The maximum absolute atomic E-state index is 5.98. The summed E-state index contributed by atoms with van der Waals surface area (Å²) < 4.78 is 7.95. The van der Waals surface area contributed by atoms with Gasteiger partial charge in [0.2, 0.25) is 0 Å². The Bertz CT molecular complexity index is 507. The monoisotopic (exact) mass is 245 g/mol. The van der Waals surface area contributed by atoms with Gasteiger partial charge in [0.15, 0.2) is 6.10 Å². The van der Waals surface area contributed by atoms with Gasteiger partial charge in [-0.15, -0.1) is 0 Å². The molecule has 0 fully saturated rings. The lowest BCUT2D eigenvalue weighted by molar-refractivity contribution is 0.210. The van der Waals surface area contributed by atoms with Crippen molar-refractivity contribution in [2.75, 3.05) is 6.54 Å². The first-order chi connectivity index (χ1) is 8.72. The molecule has 2 aromatic rings. The highest BCUT2D eigenvalue weighted by atomic mass is 16.5. The van der Waals surface area contributed by atoms with Crippen LogP contribution >= 0.6 is 0 Å². The first kappa shape index (κ1) is 12.6. The zero-order valence-corrected chi connectivity index (χ0v) is 10.8. The van der Waals surface area contributed by atoms with Gasteiger partial charge in [-0.1, -0.05) is 18.2 Å². The van der Waals surface area contributed by atoms with E-state index in [9.17, 15) is 0 Å². The smallest absolute Gasteiger partial charge is 0.153 e. The number of hydrogen-bond donors (Lipinski definition) is 1. The molecule has 0 saturated carbocycles. The van der Waals surface area contributed by atoms with Crippen molar-refractivity contribution in [3.8, 4) is 5.75 Å². The molecule has 1 aromatic heterocycles. The predicted molar refractivity (Wildman–Crippen MR) is 71.5 cm³/mol. The Morgan fingerprint density at radius 3 is 2.83 bits per heavy atom. The van der Waals surface area contributed by atoms with E-state index in [1.54, 1.807) is 6.20 Å². The molecule has 18 heavy (non-hydrogen) atoms. The van der Waals surface area contributed by atoms with E-state index in [4.69, 9.17) is 10.5 Å². The summed E-state index contributed by atoms with van der Waals surface area (Å²) in [5, 5.41) is 0. The molecular formula is C14H19N3O. The maximum atomic E-state index is 5.98. The molecule has 0 radical (unpaired) electrons. The van der Waals surface area contributed by atoms with Crippen molar-refractivity contribution in [1.82, 2.24) is 9.55 Å². The standard InChI is InChI=1S/C14H19N3O/c1-11(14-16-9-10-17(14)2)18-13-6-4-3-5-12(13)7-8-15/h3-6,9-11H,7-8,15H2,1-2H3. The second-order valence-corrected chi connectivity index (χ2v) is 4.30. The third-order valence-electron chi connectivity index (χ3n) is 2.91. The number of rotatable bonds is 5. The van der Waals surface area contributed by atoms with Crippen LogP contribution < -0.4 is 10.5 Å². The fourth-order valence-corrected chi connectivity index (χ4v) is 1.99. The lowest BCUT2D eigenvalue weighted by atomic mass is 10.1. The first-order valence-corrected chi connectivity index (χ1v) is 6.14. The molecule has 0 saturated heterocycles. The van der Waals surface area contributed by atoms with Crippen molar-refractivity contribution in [2.24, 2.45) is 12.8 Å². The molecule has 0 bridgehead atoms. The van der Waals surface area contributed by atoms with Crippen molar-refractivity contribution in [3.63, 3.8) is 0 Å². The van der Waals surface area contributed by atoms with Crippen molar-refractivity contribution >= 4 is 0 Å². The van der Waals surface area contributed by atoms with E-state index in [1.165, 1.54) is 0 Å². The molecule has 4 heteroatoms. The summed E-state index contributed by atoms with van der Waals surface area (Å²) in [6.07, 6.45) is 4.44. The summed E-state index contributed by atoms with van der Waals surface area (Å²) >= 11 is 0. The van der Waals surface area contributed by atoms with Crippen molar-refractivity contribution in [1.29, 1.82) is 0 Å². The summed E-state index contributed by atoms with van der Waals surface area (Å²) in [5.41, 5.74) is 6.75. The average molecular weight is 245 g/mol. The van der Waals surface area contributed by atoms with Crippen LogP contribution in [0.3, 0.4) is 0 Å².